The van der Waals surface area contributed by atoms with Gasteiger partial charge in [0.1, 0.15) is 16.9 Å². The summed E-state index contributed by atoms with van der Waals surface area (Å²) in [5.41, 5.74) is 0.729. The second-order valence-corrected chi connectivity index (χ2v) is 3.01. The molecule has 1 aromatic rings. The monoisotopic (exact) mass is 186 g/mol. The Bertz CT molecular complexity index is 278. The minimum absolute atomic E-state index is 0.0519. The van der Waals surface area contributed by atoms with Crippen LogP contribution in [0.1, 0.15) is 22.5 Å². The molecule has 66 valence electrons. The van der Waals surface area contributed by atoms with E-state index in [0.29, 0.717) is 5.76 Å². The molecule has 1 N–H and O–H groups in total. The lowest BCUT2D eigenvalue weighted by Gasteiger charge is -2.01. The van der Waals surface area contributed by atoms with Gasteiger partial charge in [0.25, 0.3) is 0 Å². The minimum atomic E-state index is -0.360. The first-order chi connectivity index (χ1) is 5.69. The first-order valence-corrected chi connectivity index (χ1v) is 4.09. The Hall–Kier alpha value is -0.730. The molecule has 0 aliphatic heterocycles. The second-order valence-electron chi connectivity index (χ2n) is 2.54. The van der Waals surface area contributed by atoms with Crippen LogP contribution in [0.4, 0.5) is 0 Å². The van der Waals surface area contributed by atoms with Gasteiger partial charge in [-0.2, -0.15) is 0 Å². The maximum atomic E-state index is 8.92. The summed E-state index contributed by atoms with van der Waals surface area (Å²) >= 11 is 5.86. The molecule has 0 saturated heterocycles. The van der Waals surface area contributed by atoms with E-state index < -0.39 is 0 Å². The van der Waals surface area contributed by atoms with Crippen molar-refractivity contribution in [3.63, 3.8) is 0 Å². The Morgan fingerprint density at radius 3 is 3.00 bits per heavy atom. The molecule has 1 aromatic heterocycles. The molecule has 1 atom stereocenters. The van der Waals surface area contributed by atoms with Crippen molar-refractivity contribution in [1.82, 2.24) is 0 Å². The second kappa shape index (κ2) is 3.78. The fraction of sp³-hybridized carbons (Fsp3) is 0.333. The number of aliphatic hydroxyl groups excluding tert-OH is 1. The van der Waals surface area contributed by atoms with E-state index in [1.807, 2.05) is 6.92 Å². The molecule has 2 nitrogen and oxygen atoms in total. The van der Waals surface area contributed by atoms with Gasteiger partial charge in [0.05, 0.1) is 6.61 Å². The van der Waals surface area contributed by atoms with Gasteiger partial charge in [0.2, 0.25) is 0 Å². The highest BCUT2D eigenvalue weighted by molar-refractivity contribution is 6.21. The predicted molar refractivity (Wildman–Crippen MR) is 48.2 cm³/mol. The van der Waals surface area contributed by atoms with E-state index in [2.05, 4.69) is 6.58 Å². The molecule has 0 amide bonds. The topological polar surface area (TPSA) is 33.4 Å². The average molecular weight is 187 g/mol. The molecule has 0 saturated carbocycles. The Kier molecular flexibility index (Phi) is 2.95. The van der Waals surface area contributed by atoms with Gasteiger partial charge < -0.3 is 9.52 Å². The number of aliphatic hydroxyl groups is 1. The number of alkyl halides is 1. The molecule has 0 aliphatic carbocycles. The molecule has 1 heterocycles. The standard InChI is InChI=1S/C9H11ClO2/c1-3-8(10)9-7(5-11)4-6(2)12-9/h3-4,8,11H,1,5H2,2H3. The normalized spacial score (nSPS) is 12.9. The van der Waals surface area contributed by atoms with Crippen LogP contribution in [-0.2, 0) is 6.61 Å². The van der Waals surface area contributed by atoms with E-state index in [1.54, 1.807) is 12.1 Å². The van der Waals surface area contributed by atoms with Crippen molar-refractivity contribution in [3.05, 3.63) is 35.8 Å². The van der Waals surface area contributed by atoms with Crippen LogP contribution in [0.25, 0.3) is 0 Å². The van der Waals surface area contributed by atoms with Crippen molar-refractivity contribution < 1.29 is 9.52 Å². The Morgan fingerprint density at radius 1 is 1.83 bits per heavy atom. The molecule has 0 aromatic carbocycles. The first kappa shape index (κ1) is 9.36. The molecule has 1 unspecified atom stereocenters. The molecule has 0 spiro atoms. The summed E-state index contributed by atoms with van der Waals surface area (Å²) in [6.07, 6.45) is 1.57. The molecule has 12 heavy (non-hydrogen) atoms. The maximum Gasteiger partial charge on any atom is 0.131 e. The lowest BCUT2D eigenvalue weighted by atomic mass is 10.2. The van der Waals surface area contributed by atoms with Crippen LogP contribution in [0.2, 0.25) is 0 Å². The Labute approximate surface area is 76.5 Å². The smallest absolute Gasteiger partial charge is 0.131 e. The van der Waals surface area contributed by atoms with Crippen molar-refractivity contribution in [2.24, 2.45) is 0 Å². The SMILES string of the molecule is C=CC(Cl)c1oc(C)cc1CO. The third-order valence-corrected chi connectivity index (χ3v) is 1.97. The molecule has 3 heteroatoms. The lowest BCUT2D eigenvalue weighted by molar-refractivity contribution is 0.278. The number of hydrogen-bond acceptors (Lipinski definition) is 2. The Balaban J connectivity index is 3.03. The molecular weight excluding hydrogens is 176 g/mol. The van der Waals surface area contributed by atoms with E-state index in [0.717, 1.165) is 11.3 Å². The quantitative estimate of drug-likeness (QED) is 0.582. The highest BCUT2D eigenvalue weighted by Gasteiger charge is 2.13. The van der Waals surface area contributed by atoms with E-state index >= 15 is 0 Å². The third-order valence-electron chi connectivity index (χ3n) is 1.59. The number of aryl methyl sites for hydroxylation is 1. The summed E-state index contributed by atoms with van der Waals surface area (Å²) in [7, 11) is 0. The molecule has 0 radical (unpaired) electrons. The predicted octanol–water partition coefficient (Wildman–Crippen LogP) is 2.55. The average Bonchev–Trinajstić information content (AvgIpc) is 2.45. The molecule has 0 fully saturated rings. The maximum absolute atomic E-state index is 8.92. The fourth-order valence-corrected chi connectivity index (χ4v) is 1.23. The summed E-state index contributed by atoms with van der Waals surface area (Å²) in [6.45, 7) is 5.31. The van der Waals surface area contributed by atoms with Crippen LogP contribution in [-0.4, -0.2) is 5.11 Å². The molecule has 1 rings (SSSR count). The van der Waals surface area contributed by atoms with Gasteiger partial charge in [0.15, 0.2) is 0 Å². The zero-order valence-corrected chi connectivity index (χ0v) is 7.64. The van der Waals surface area contributed by atoms with Gasteiger partial charge in [-0.15, -0.1) is 18.2 Å². The highest BCUT2D eigenvalue weighted by atomic mass is 35.5. The van der Waals surface area contributed by atoms with Gasteiger partial charge >= 0.3 is 0 Å². The lowest BCUT2D eigenvalue weighted by Crippen LogP contribution is -1.89. The summed E-state index contributed by atoms with van der Waals surface area (Å²) in [5, 5.41) is 8.56. The number of hydrogen-bond donors (Lipinski definition) is 1. The Morgan fingerprint density at radius 2 is 2.50 bits per heavy atom. The van der Waals surface area contributed by atoms with Crippen molar-refractivity contribution in [1.29, 1.82) is 0 Å². The zero-order valence-electron chi connectivity index (χ0n) is 6.88. The van der Waals surface area contributed by atoms with E-state index in [-0.39, 0.29) is 12.0 Å². The van der Waals surface area contributed by atoms with Crippen LogP contribution in [0.3, 0.4) is 0 Å². The van der Waals surface area contributed by atoms with Crippen LogP contribution in [0.15, 0.2) is 23.1 Å². The molecule has 0 aliphatic rings. The molecule has 0 bridgehead atoms. The number of halogens is 1. The minimum Gasteiger partial charge on any atom is -0.464 e. The third kappa shape index (κ3) is 1.71. The van der Waals surface area contributed by atoms with Crippen molar-refractivity contribution in [2.45, 2.75) is 18.9 Å². The largest absolute Gasteiger partial charge is 0.464 e. The van der Waals surface area contributed by atoms with Crippen molar-refractivity contribution in [3.8, 4) is 0 Å². The van der Waals surface area contributed by atoms with Gasteiger partial charge in [-0.3, -0.25) is 0 Å². The van der Waals surface area contributed by atoms with Crippen LogP contribution in [0, 0.1) is 6.92 Å². The number of rotatable bonds is 3. The van der Waals surface area contributed by atoms with E-state index in [9.17, 15) is 0 Å². The summed E-state index contributed by atoms with van der Waals surface area (Å²) < 4.78 is 5.30. The van der Waals surface area contributed by atoms with Crippen LogP contribution >= 0.6 is 11.6 Å². The highest BCUT2D eigenvalue weighted by Crippen LogP contribution is 2.27. The number of furan rings is 1. The zero-order chi connectivity index (χ0) is 9.14. The summed E-state index contributed by atoms with van der Waals surface area (Å²) in [4.78, 5) is 0. The van der Waals surface area contributed by atoms with Gasteiger partial charge in [-0.1, -0.05) is 6.08 Å². The van der Waals surface area contributed by atoms with Gasteiger partial charge in [-0.05, 0) is 13.0 Å². The van der Waals surface area contributed by atoms with Crippen molar-refractivity contribution in [2.75, 3.05) is 0 Å². The summed E-state index contributed by atoms with van der Waals surface area (Å²) in [6, 6.07) is 1.77. The first-order valence-electron chi connectivity index (χ1n) is 3.65. The molecular formula is C9H11ClO2. The van der Waals surface area contributed by atoms with Crippen LogP contribution in [0.5, 0.6) is 0 Å². The van der Waals surface area contributed by atoms with E-state index in [4.69, 9.17) is 21.1 Å². The van der Waals surface area contributed by atoms with Gasteiger partial charge in [-0.25, -0.2) is 0 Å². The van der Waals surface area contributed by atoms with Crippen molar-refractivity contribution >= 4 is 11.6 Å². The van der Waals surface area contributed by atoms with Crippen LogP contribution < -0.4 is 0 Å². The fourth-order valence-electron chi connectivity index (χ4n) is 1.05. The van der Waals surface area contributed by atoms with Gasteiger partial charge in [0, 0.05) is 5.56 Å². The summed E-state index contributed by atoms with van der Waals surface area (Å²) in [5.74, 6) is 1.34. The number of allylic oxidation sites excluding steroid dienone is 1. The van der Waals surface area contributed by atoms with E-state index in [1.165, 1.54) is 0 Å².